The van der Waals surface area contributed by atoms with E-state index in [0.717, 1.165) is 28.0 Å². The molecule has 1 amide bonds. The number of fused-ring (bicyclic) bond motifs is 1. The van der Waals surface area contributed by atoms with Crippen molar-refractivity contribution in [2.75, 3.05) is 31.4 Å². The van der Waals surface area contributed by atoms with Crippen molar-refractivity contribution in [1.82, 2.24) is 4.98 Å². The van der Waals surface area contributed by atoms with E-state index >= 15 is 0 Å². The summed E-state index contributed by atoms with van der Waals surface area (Å²) >= 11 is 0. The van der Waals surface area contributed by atoms with Gasteiger partial charge in [-0.3, -0.25) is 4.79 Å². The van der Waals surface area contributed by atoms with Crippen LogP contribution in [0.25, 0.3) is 10.9 Å². The molecular weight excluding hydrogens is 290 g/mol. The van der Waals surface area contributed by atoms with Gasteiger partial charge in [-0.05, 0) is 42.5 Å². The maximum Gasteiger partial charge on any atom is 0.272 e. The zero-order chi connectivity index (χ0) is 16.4. The molecule has 23 heavy (non-hydrogen) atoms. The molecule has 3 rings (SSSR count). The summed E-state index contributed by atoms with van der Waals surface area (Å²) in [4.78, 5) is 17.5. The van der Waals surface area contributed by atoms with Crippen molar-refractivity contribution in [3.8, 4) is 5.75 Å². The molecular formula is C18H19N3O2. The lowest BCUT2D eigenvalue weighted by Crippen LogP contribution is -2.13. The van der Waals surface area contributed by atoms with Crippen LogP contribution in [0.15, 0.2) is 48.5 Å². The zero-order valence-corrected chi connectivity index (χ0v) is 13.4. The Labute approximate surface area is 134 Å². The third-order valence-electron chi connectivity index (χ3n) is 3.72. The van der Waals surface area contributed by atoms with Crippen molar-refractivity contribution in [3.05, 3.63) is 54.2 Å². The predicted molar refractivity (Wildman–Crippen MR) is 93.6 cm³/mol. The van der Waals surface area contributed by atoms with Gasteiger partial charge in [-0.15, -0.1) is 0 Å². The number of nitrogens with one attached hydrogen (secondary N) is 2. The number of aromatic amines is 1. The van der Waals surface area contributed by atoms with Gasteiger partial charge >= 0.3 is 0 Å². The van der Waals surface area contributed by atoms with Crippen LogP contribution in [-0.4, -0.2) is 32.1 Å². The predicted octanol–water partition coefficient (Wildman–Crippen LogP) is 3.49. The second kappa shape index (κ2) is 6.04. The monoisotopic (exact) mass is 309 g/mol. The molecule has 0 saturated carbocycles. The van der Waals surface area contributed by atoms with E-state index in [0.29, 0.717) is 5.69 Å². The Morgan fingerprint density at radius 2 is 1.83 bits per heavy atom. The van der Waals surface area contributed by atoms with Crippen molar-refractivity contribution in [2.45, 2.75) is 0 Å². The van der Waals surface area contributed by atoms with E-state index in [-0.39, 0.29) is 5.91 Å². The normalized spacial score (nSPS) is 10.6. The number of ether oxygens (including phenoxy) is 1. The van der Waals surface area contributed by atoms with Crippen LogP contribution in [-0.2, 0) is 0 Å². The summed E-state index contributed by atoms with van der Waals surface area (Å²) in [6, 6.07) is 15.2. The van der Waals surface area contributed by atoms with Crippen LogP contribution in [0, 0.1) is 0 Å². The lowest BCUT2D eigenvalue weighted by molar-refractivity contribution is 0.102. The van der Waals surface area contributed by atoms with Gasteiger partial charge < -0.3 is 19.9 Å². The standard InChI is InChI=1S/C18H19N3O2/c1-21(2)14-7-5-13(6-8-14)19-18(22)17-10-12-4-9-15(23-3)11-16(12)20-17/h4-11,20H,1-3H3,(H,19,22). The maximum atomic E-state index is 12.4. The number of anilines is 2. The molecule has 0 bridgehead atoms. The molecule has 0 saturated heterocycles. The summed E-state index contributed by atoms with van der Waals surface area (Å²) in [5.74, 6) is 0.586. The molecule has 1 aromatic heterocycles. The van der Waals surface area contributed by atoms with E-state index in [1.54, 1.807) is 7.11 Å². The van der Waals surface area contributed by atoms with Crippen LogP contribution in [0.1, 0.15) is 10.5 Å². The number of carbonyl (C=O) groups excluding carboxylic acids is 1. The molecule has 3 aromatic rings. The lowest BCUT2D eigenvalue weighted by Gasteiger charge is -2.12. The van der Waals surface area contributed by atoms with Gasteiger partial charge in [0, 0.05) is 42.4 Å². The quantitative estimate of drug-likeness (QED) is 0.775. The summed E-state index contributed by atoms with van der Waals surface area (Å²) in [6.07, 6.45) is 0. The molecule has 0 aliphatic carbocycles. The number of hydrogen-bond acceptors (Lipinski definition) is 3. The van der Waals surface area contributed by atoms with Gasteiger partial charge in [-0.1, -0.05) is 0 Å². The van der Waals surface area contributed by atoms with Crippen LogP contribution in [0.3, 0.4) is 0 Å². The Hall–Kier alpha value is -2.95. The van der Waals surface area contributed by atoms with Crippen molar-refractivity contribution < 1.29 is 9.53 Å². The average Bonchev–Trinajstić information content (AvgIpc) is 2.98. The topological polar surface area (TPSA) is 57.4 Å². The van der Waals surface area contributed by atoms with Crippen LogP contribution in [0.2, 0.25) is 0 Å². The third kappa shape index (κ3) is 3.13. The van der Waals surface area contributed by atoms with Crippen molar-refractivity contribution >= 4 is 28.2 Å². The molecule has 2 aromatic carbocycles. The summed E-state index contributed by atoms with van der Waals surface area (Å²) in [5.41, 5.74) is 3.24. The summed E-state index contributed by atoms with van der Waals surface area (Å²) in [6.45, 7) is 0. The number of methoxy groups -OCH3 is 1. The van der Waals surface area contributed by atoms with E-state index in [2.05, 4.69) is 10.3 Å². The SMILES string of the molecule is COc1ccc2cc(C(=O)Nc3ccc(N(C)C)cc3)[nH]c2c1. The molecule has 2 N–H and O–H groups in total. The van der Waals surface area contributed by atoms with Gasteiger partial charge in [0.25, 0.3) is 5.91 Å². The van der Waals surface area contributed by atoms with E-state index in [1.165, 1.54) is 0 Å². The molecule has 0 fully saturated rings. The van der Waals surface area contributed by atoms with Crippen LogP contribution >= 0.6 is 0 Å². The van der Waals surface area contributed by atoms with Gasteiger partial charge in [0.2, 0.25) is 0 Å². The molecule has 118 valence electrons. The molecule has 0 aliphatic rings. The Morgan fingerprint density at radius 1 is 1.09 bits per heavy atom. The van der Waals surface area contributed by atoms with E-state index in [9.17, 15) is 4.79 Å². The first-order chi connectivity index (χ1) is 11.1. The fraction of sp³-hybridized carbons (Fsp3) is 0.167. The van der Waals surface area contributed by atoms with Gasteiger partial charge in [0.1, 0.15) is 11.4 Å². The van der Waals surface area contributed by atoms with Crippen molar-refractivity contribution in [1.29, 1.82) is 0 Å². The fourth-order valence-corrected chi connectivity index (χ4v) is 2.40. The van der Waals surface area contributed by atoms with Gasteiger partial charge in [0.05, 0.1) is 7.11 Å². The summed E-state index contributed by atoms with van der Waals surface area (Å²) < 4.78 is 5.19. The third-order valence-corrected chi connectivity index (χ3v) is 3.72. The van der Waals surface area contributed by atoms with E-state index < -0.39 is 0 Å². The van der Waals surface area contributed by atoms with Crippen molar-refractivity contribution in [2.24, 2.45) is 0 Å². The second-order valence-electron chi connectivity index (χ2n) is 5.53. The highest BCUT2D eigenvalue weighted by Gasteiger charge is 2.10. The molecule has 1 heterocycles. The summed E-state index contributed by atoms with van der Waals surface area (Å²) in [7, 11) is 5.58. The number of benzene rings is 2. The van der Waals surface area contributed by atoms with Gasteiger partial charge in [-0.2, -0.15) is 0 Å². The highest BCUT2D eigenvalue weighted by molar-refractivity contribution is 6.06. The molecule has 0 spiro atoms. The lowest BCUT2D eigenvalue weighted by atomic mass is 10.2. The first-order valence-corrected chi connectivity index (χ1v) is 7.32. The Bertz CT molecular complexity index is 835. The molecule has 5 heteroatoms. The largest absolute Gasteiger partial charge is 0.497 e. The van der Waals surface area contributed by atoms with E-state index in [1.807, 2.05) is 67.5 Å². The molecule has 0 radical (unpaired) electrons. The Kier molecular flexibility index (Phi) is 3.93. The second-order valence-corrected chi connectivity index (χ2v) is 5.53. The van der Waals surface area contributed by atoms with Crippen LogP contribution in [0.5, 0.6) is 5.75 Å². The van der Waals surface area contributed by atoms with Gasteiger partial charge in [-0.25, -0.2) is 0 Å². The van der Waals surface area contributed by atoms with Gasteiger partial charge in [0.15, 0.2) is 0 Å². The molecule has 0 aliphatic heterocycles. The highest BCUT2D eigenvalue weighted by Crippen LogP contribution is 2.22. The van der Waals surface area contributed by atoms with Crippen LogP contribution in [0.4, 0.5) is 11.4 Å². The smallest absolute Gasteiger partial charge is 0.272 e. The fourth-order valence-electron chi connectivity index (χ4n) is 2.40. The number of H-pyrrole nitrogens is 1. The van der Waals surface area contributed by atoms with Crippen molar-refractivity contribution in [3.63, 3.8) is 0 Å². The minimum Gasteiger partial charge on any atom is -0.497 e. The highest BCUT2D eigenvalue weighted by atomic mass is 16.5. The Morgan fingerprint density at radius 3 is 2.48 bits per heavy atom. The number of hydrogen-bond donors (Lipinski definition) is 2. The molecule has 5 nitrogen and oxygen atoms in total. The van der Waals surface area contributed by atoms with E-state index in [4.69, 9.17) is 4.74 Å². The number of nitrogens with zero attached hydrogens (tertiary/aromatic N) is 1. The zero-order valence-electron chi connectivity index (χ0n) is 13.4. The first kappa shape index (κ1) is 15.0. The summed E-state index contributed by atoms with van der Waals surface area (Å²) in [5, 5.41) is 3.87. The molecule has 0 atom stereocenters. The number of amides is 1. The minimum absolute atomic E-state index is 0.169. The maximum absolute atomic E-state index is 12.4. The number of carbonyl (C=O) groups is 1. The number of aromatic nitrogens is 1. The number of rotatable bonds is 4. The first-order valence-electron chi connectivity index (χ1n) is 7.32. The average molecular weight is 309 g/mol. The molecule has 0 unspecified atom stereocenters. The van der Waals surface area contributed by atoms with Crippen LogP contribution < -0.4 is 15.0 Å². The minimum atomic E-state index is -0.169. The Balaban J connectivity index is 1.80.